The number of hydrogen-bond donors (Lipinski definition) is 1. The number of aromatic nitrogens is 3. The first-order valence-corrected chi connectivity index (χ1v) is 10.7. The van der Waals surface area contributed by atoms with Crippen LogP contribution in [-0.2, 0) is 11.3 Å². The Kier molecular flexibility index (Phi) is 7.42. The summed E-state index contributed by atoms with van der Waals surface area (Å²) in [4.78, 5) is 12.1. The molecule has 1 heterocycles. The molecule has 0 spiro atoms. The first kappa shape index (κ1) is 21.1. The van der Waals surface area contributed by atoms with Crippen molar-refractivity contribution < 1.29 is 9.53 Å². The number of carbonyl (C=O) groups is 1. The molecule has 0 atom stereocenters. The summed E-state index contributed by atoms with van der Waals surface area (Å²) in [5.74, 6) is 1.50. The van der Waals surface area contributed by atoms with Gasteiger partial charge in [-0.3, -0.25) is 4.79 Å². The maximum absolute atomic E-state index is 12.1. The Hall–Kier alpha value is -2.65. The van der Waals surface area contributed by atoms with E-state index in [4.69, 9.17) is 4.74 Å². The zero-order valence-electron chi connectivity index (χ0n) is 16.0. The molecule has 1 aromatic heterocycles. The molecule has 0 bridgehead atoms. The summed E-state index contributed by atoms with van der Waals surface area (Å²) in [6.07, 6.45) is 1.58. The molecule has 3 aromatic rings. The average Bonchev–Trinajstić information content (AvgIpc) is 3.16. The number of ether oxygens (including phenoxy) is 1. The van der Waals surface area contributed by atoms with Crippen molar-refractivity contribution in [2.75, 3.05) is 12.9 Å². The van der Waals surface area contributed by atoms with Crippen molar-refractivity contribution in [1.82, 2.24) is 20.2 Å². The van der Waals surface area contributed by atoms with Crippen LogP contribution in [0.5, 0.6) is 5.75 Å². The van der Waals surface area contributed by atoms with E-state index in [1.165, 1.54) is 11.8 Å². The van der Waals surface area contributed by atoms with Gasteiger partial charge in [0.1, 0.15) is 5.75 Å². The van der Waals surface area contributed by atoms with Gasteiger partial charge in [0.15, 0.2) is 11.0 Å². The molecule has 9 heteroatoms. The zero-order valence-corrected chi connectivity index (χ0v) is 18.4. The lowest BCUT2D eigenvalue weighted by molar-refractivity contribution is -0.118. The summed E-state index contributed by atoms with van der Waals surface area (Å²) in [5, 5.41) is 13.2. The van der Waals surface area contributed by atoms with Crippen molar-refractivity contribution in [3.8, 4) is 17.1 Å². The molecule has 1 N–H and O–H groups in total. The van der Waals surface area contributed by atoms with Crippen LogP contribution in [0, 0.1) is 0 Å². The van der Waals surface area contributed by atoms with E-state index < -0.39 is 0 Å². The number of nitrogens with one attached hydrogen (secondary N) is 1. The molecule has 29 heavy (non-hydrogen) atoms. The normalized spacial score (nSPS) is 11.0. The first-order chi connectivity index (χ1) is 14.1. The molecule has 0 fully saturated rings. The Labute approximate surface area is 181 Å². The van der Waals surface area contributed by atoms with Gasteiger partial charge >= 0.3 is 0 Å². The van der Waals surface area contributed by atoms with Gasteiger partial charge in [-0.15, -0.1) is 10.2 Å². The average molecular weight is 474 g/mol. The summed E-state index contributed by atoms with van der Waals surface area (Å²) in [6.45, 7) is 2.74. The van der Waals surface area contributed by atoms with Gasteiger partial charge in [0.2, 0.25) is 0 Å². The molecule has 0 saturated carbocycles. The van der Waals surface area contributed by atoms with E-state index in [0.717, 1.165) is 27.2 Å². The molecule has 0 radical (unpaired) electrons. The lowest BCUT2D eigenvalue weighted by Gasteiger charge is -2.07. The second-order valence-corrected chi connectivity index (χ2v) is 7.69. The molecule has 0 aliphatic carbocycles. The maximum atomic E-state index is 12.1. The summed E-state index contributed by atoms with van der Waals surface area (Å²) < 4.78 is 8.00. The molecule has 0 aliphatic heterocycles. The monoisotopic (exact) mass is 473 g/mol. The van der Waals surface area contributed by atoms with Gasteiger partial charge in [-0.1, -0.05) is 42.1 Å². The van der Waals surface area contributed by atoms with Gasteiger partial charge in [0, 0.05) is 12.1 Å². The van der Waals surface area contributed by atoms with Crippen LogP contribution in [-0.4, -0.2) is 39.7 Å². The number of rotatable bonds is 8. The van der Waals surface area contributed by atoms with E-state index in [2.05, 4.69) is 36.7 Å². The number of nitrogens with zero attached hydrogens (tertiary/aromatic N) is 4. The van der Waals surface area contributed by atoms with Crippen LogP contribution >= 0.6 is 27.7 Å². The number of methoxy groups -OCH3 is 1. The van der Waals surface area contributed by atoms with Crippen molar-refractivity contribution in [2.24, 2.45) is 5.10 Å². The molecule has 0 saturated heterocycles. The fourth-order valence-electron chi connectivity index (χ4n) is 2.59. The smallest absolute Gasteiger partial charge is 0.250 e. The minimum Gasteiger partial charge on any atom is -0.496 e. The topological polar surface area (TPSA) is 81.4 Å². The van der Waals surface area contributed by atoms with Gasteiger partial charge in [0.25, 0.3) is 5.91 Å². The van der Waals surface area contributed by atoms with Crippen LogP contribution < -0.4 is 10.2 Å². The van der Waals surface area contributed by atoms with Gasteiger partial charge in [-0.25, -0.2) is 5.43 Å². The maximum Gasteiger partial charge on any atom is 0.250 e. The van der Waals surface area contributed by atoms with Crippen LogP contribution in [0.2, 0.25) is 0 Å². The third-order valence-corrected chi connectivity index (χ3v) is 5.56. The fraction of sp³-hybridized carbons (Fsp3) is 0.200. The predicted molar refractivity (Wildman–Crippen MR) is 118 cm³/mol. The number of carbonyl (C=O) groups excluding carboxylic acids is 1. The Morgan fingerprint density at radius 1 is 1.28 bits per heavy atom. The molecule has 0 aliphatic rings. The predicted octanol–water partition coefficient (Wildman–Crippen LogP) is 3.98. The van der Waals surface area contributed by atoms with E-state index in [-0.39, 0.29) is 11.7 Å². The van der Waals surface area contributed by atoms with Crippen LogP contribution in [0.1, 0.15) is 12.5 Å². The summed E-state index contributed by atoms with van der Waals surface area (Å²) >= 11 is 4.75. The minimum absolute atomic E-state index is 0.191. The summed E-state index contributed by atoms with van der Waals surface area (Å²) in [5.41, 5.74) is 4.36. The molecule has 0 unspecified atom stereocenters. The molecule has 7 nitrogen and oxygen atoms in total. The van der Waals surface area contributed by atoms with E-state index in [0.29, 0.717) is 11.7 Å². The number of hydrogen-bond acceptors (Lipinski definition) is 6. The van der Waals surface area contributed by atoms with Crippen LogP contribution in [0.4, 0.5) is 0 Å². The largest absolute Gasteiger partial charge is 0.496 e. The van der Waals surface area contributed by atoms with Crippen molar-refractivity contribution in [1.29, 1.82) is 0 Å². The summed E-state index contributed by atoms with van der Waals surface area (Å²) in [6, 6.07) is 15.4. The molecule has 150 valence electrons. The Morgan fingerprint density at radius 3 is 2.76 bits per heavy atom. The molecular weight excluding hydrogens is 454 g/mol. The van der Waals surface area contributed by atoms with E-state index in [1.807, 2.05) is 60.0 Å². The van der Waals surface area contributed by atoms with Crippen molar-refractivity contribution in [3.05, 3.63) is 58.6 Å². The number of amides is 1. The fourth-order valence-corrected chi connectivity index (χ4v) is 3.94. The zero-order chi connectivity index (χ0) is 20.6. The van der Waals surface area contributed by atoms with E-state index in [1.54, 1.807) is 13.3 Å². The van der Waals surface area contributed by atoms with Gasteiger partial charge < -0.3 is 9.30 Å². The second kappa shape index (κ2) is 10.2. The Bertz CT molecular complexity index is 1010. The van der Waals surface area contributed by atoms with Crippen molar-refractivity contribution in [3.63, 3.8) is 0 Å². The summed E-state index contributed by atoms with van der Waals surface area (Å²) in [7, 11) is 1.61. The highest BCUT2D eigenvalue weighted by atomic mass is 79.9. The minimum atomic E-state index is -0.217. The van der Waals surface area contributed by atoms with Crippen molar-refractivity contribution in [2.45, 2.75) is 18.6 Å². The third kappa shape index (κ3) is 5.45. The highest BCUT2D eigenvalue weighted by molar-refractivity contribution is 9.10. The second-order valence-electron chi connectivity index (χ2n) is 5.89. The highest BCUT2D eigenvalue weighted by Gasteiger charge is 2.14. The Balaban J connectivity index is 1.57. The van der Waals surface area contributed by atoms with E-state index >= 15 is 0 Å². The molecule has 1 amide bonds. The lowest BCUT2D eigenvalue weighted by Crippen LogP contribution is -2.20. The number of thioether (sulfide) groups is 1. The first-order valence-electron chi connectivity index (χ1n) is 8.89. The van der Waals surface area contributed by atoms with E-state index in [9.17, 15) is 4.79 Å². The molecule has 3 rings (SSSR count). The van der Waals surface area contributed by atoms with Crippen molar-refractivity contribution >= 4 is 39.8 Å². The number of benzene rings is 2. The Morgan fingerprint density at radius 2 is 2.07 bits per heavy atom. The number of hydrazone groups is 1. The van der Waals surface area contributed by atoms with Gasteiger partial charge in [-0.2, -0.15) is 5.10 Å². The van der Waals surface area contributed by atoms with Crippen LogP contribution in [0.15, 0.2) is 63.3 Å². The van der Waals surface area contributed by atoms with Gasteiger partial charge in [-0.05, 0) is 46.6 Å². The van der Waals surface area contributed by atoms with Crippen LogP contribution in [0.3, 0.4) is 0 Å². The van der Waals surface area contributed by atoms with Crippen LogP contribution in [0.25, 0.3) is 11.4 Å². The van der Waals surface area contributed by atoms with Gasteiger partial charge in [0.05, 0.1) is 23.5 Å². The standard InChI is InChI=1S/C20H20BrN5O2S/c1-3-26-19(15-7-5-4-6-8-15)24-25-20(26)29-13-18(27)23-22-12-14-9-10-17(28-2)16(21)11-14/h4-12H,3,13H2,1-2H3,(H,23,27)/b22-12-. The number of halogens is 1. The quantitative estimate of drug-likeness (QED) is 0.304. The SMILES string of the molecule is CCn1c(SCC(=O)N/N=C\c2ccc(OC)c(Br)c2)nnc1-c1ccccc1. The highest BCUT2D eigenvalue weighted by Crippen LogP contribution is 2.25. The molecule has 2 aromatic carbocycles. The third-order valence-electron chi connectivity index (χ3n) is 3.98. The lowest BCUT2D eigenvalue weighted by atomic mass is 10.2. The molecular formula is C20H20BrN5O2S.